The van der Waals surface area contributed by atoms with Crippen molar-refractivity contribution in [1.82, 2.24) is 5.43 Å². The van der Waals surface area contributed by atoms with E-state index in [0.717, 1.165) is 0 Å². The lowest BCUT2D eigenvalue weighted by Gasteiger charge is -2.01. The number of phenols is 1. The van der Waals surface area contributed by atoms with E-state index >= 15 is 0 Å². The number of benzene rings is 1. The molecule has 0 aliphatic heterocycles. The highest BCUT2D eigenvalue weighted by Crippen LogP contribution is 2.29. The van der Waals surface area contributed by atoms with Gasteiger partial charge in [-0.25, -0.2) is 10.2 Å². The van der Waals surface area contributed by atoms with Crippen molar-refractivity contribution in [2.24, 2.45) is 10.8 Å². The molecule has 5 nitrogen and oxygen atoms in total. The van der Waals surface area contributed by atoms with E-state index in [1.165, 1.54) is 18.3 Å². The first-order valence-corrected chi connectivity index (χ1v) is 4.53. The van der Waals surface area contributed by atoms with Crippen LogP contribution in [0.5, 0.6) is 5.75 Å². The molecule has 0 radical (unpaired) electrons. The summed E-state index contributed by atoms with van der Waals surface area (Å²) in [6.45, 7) is 0. The monoisotopic (exact) mass is 247 g/mol. The van der Waals surface area contributed by atoms with Crippen LogP contribution in [0.15, 0.2) is 17.2 Å². The summed E-state index contributed by atoms with van der Waals surface area (Å²) in [4.78, 5) is 10.3. The summed E-state index contributed by atoms with van der Waals surface area (Å²) in [5, 5.41) is 13.4. The van der Waals surface area contributed by atoms with Crippen LogP contribution in [0.4, 0.5) is 4.79 Å². The maximum atomic E-state index is 10.3. The molecule has 0 fully saturated rings. The Morgan fingerprint density at radius 1 is 1.53 bits per heavy atom. The summed E-state index contributed by atoms with van der Waals surface area (Å²) in [7, 11) is 0. The van der Waals surface area contributed by atoms with E-state index in [1.807, 2.05) is 5.43 Å². The number of amides is 2. The molecule has 0 aromatic heterocycles. The van der Waals surface area contributed by atoms with Gasteiger partial charge in [-0.05, 0) is 12.1 Å². The average molecular weight is 248 g/mol. The normalized spacial score (nSPS) is 10.5. The lowest BCUT2D eigenvalue weighted by atomic mass is 10.2. The third-order valence-electron chi connectivity index (χ3n) is 1.44. The number of phenolic OH excluding ortho intramolecular Hbond substituents is 1. The first-order chi connectivity index (χ1) is 7.00. The molecule has 15 heavy (non-hydrogen) atoms. The standard InChI is InChI=1S/C8H7Cl2N3O2/c9-5-1-4(3-12-13-8(11)15)7(14)6(10)2-5/h1-3,14H,(H3,11,13,15)/b12-3-. The Morgan fingerprint density at radius 3 is 2.80 bits per heavy atom. The van der Waals surface area contributed by atoms with E-state index in [9.17, 15) is 9.90 Å². The molecule has 1 aromatic rings. The largest absolute Gasteiger partial charge is 0.506 e. The van der Waals surface area contributed by atoms with Crippen molar-refractivity contribution in [3.05, 3.63) is 27.7 Å². The second-order valence-corrected chi connectivity index (χ2v) is 3.40. The maximum Gasteiger partial charge on any atom is 0.332 e. The van der Waals surface area contributed by atoms with Gasteiger partial charge in [0.1, 0.15) is 5.75 Å². The van der Waals surface area contributed by atoms with E-state index in [4.69, 9.17) is 28.9 Å². The van der Waals surface area contributed by atoms with Crippen LogP contribution in [-0.4, -0.2) is 17.4 Å². The molecule has 1 rings (SSSR count). The third-order valence-corrected chi connectivity index (χ3v) is 1.94. The van der Waals surface area contributed by atoms with Crippen molar-refractivity contribution in [2.45, 2.75) is 0 Å². The van der Waals surface area contributed by atoms with Crippen LogP contribution < -0.4 is 11.2 Å². The van der Waals surface area contributed by atoms with Gasteiger partial charge in [-0.3, -0.25) is 0 Å². The Balaban J connectivity index is 2.94. The lowest BCUT2D eigenvalue weighted by molar-refractivity contribution is 0.249. The Kier molecular flexibility index (Phi) is 3.76. The molecule has 0 unspecified atom stereocenters. The van der Waals surface area contributed by atoms with Gasteiger partial charge in [-0.15, -0.1) is 0 Å². The maximum absolute atomic E-state index is 10.3. The van der Waals surface area contributed by atoms with Crippen molar-refractivity contribution in [3.63, 3.8) is 0 Å². The molecule has 0 bridgehead atoms. The number of urea groups is 1. The minimum Gasteiger partial charge on any atom is -0.506 e. The van der Waals surface area contributed by atoms with Gasteiger partial charge in [0.2, 0.25) is 0 Å². The van der Waals surface area contributed by atoms with Crippen LogP contribution in [0.2, 0.25) is 10.0 Å². The third kappa shape index (κ3) is 3.30. The first-order valence-electron chi connectivity index (χ1n) is 3.77. The highest BCUT2D eigenvalue weighted by atomic mass is 35.5. The molecule has 4 N–H and O–H groups in total. The van der Waals surface area contributed by atoms with E-state index in [1.54, 1.807) is 0 Å². The molecule has 1 aromatic carbocycles. The van der Waals surface area contributed by atoms with Crippen LogP contribution >= 0.6 is 23.2 Å². The highest BCUT2D eigenvalue weighted by Gasteiger charge is 2.05. The van der Waals surface area contributed by atoms with Gasteiger partial charge in [-0.1, -0.05) is 23.2 Å². The fourth-order valence-electron chi connectivity index (χ4n) is 0.850. The number of nitrogens with one attached hydrogen (secondary N) is 1. The molecule has 0 saturated heterocycles. The van der Waals surface area contributed by atoms with Crippen LogP contribution in [0.25, 0.3) is 0 Å². The zero-order valence-electron chi connectivity index (χ0n) is 7.37. The van der Waals surface area contributed by atoms with Gasteiger partial charge in [0.15, 0.2) is 0 Å². The van der Waals surface area contributed by atoms with Crippen LogP contribution in [0.3, 0.4) is 0 Å². The number of hydrazone groups is 1. The predicted molar refractivity (Wildman–Crippen MR) is 58.4 cm³/mol. The number of carbonyl (C=O) groups is 1. The van der Waals surface area contributed by atoms with Gasteiger partial charge in [0.05, 0.1) is 11.2 Å². The van der Waals surface area contributed by atoms with Crippen molar-refractivity contribution in [1.29, 1.82) is 0 Å². The van der Waals surface area contributed by atoms with E-state index in [0.29, 0.717) is 5.02 Å². The number of nitrogens with two attached hydrogens (primary N) is 1. The Labute approximate surface area is 95.5 Å². The van der Waals surface area contributed by atoms with Crippen LogP contribution in [-0.2, 0) is 0 Å². The van der Waals surface area contributed by atoms with Crippen LogP contribution in [0, 0.1) is 0 Å². The zero-order chi connectivity index (χ0) is 11.4. The van der Waals surface area contributed by atoms with Crippen molar-refractivity contribution in [2.75, 3.05) is 0 Å². The SMILES string of the molecule is NC(=O)N/N=C\c1cc(Cl)cc(Cl)c1O. The van der Waals surface area contributed by atoms with Crippen LogP contribution in [0.1, 0.15) is 5.56 Å². The number of hydrogen-bond acceptors (Lipinski definition) is 3. The van der Waals surface area contributed by atoms with Crippen molar-refractivity contribution >= 4 is 35.4 Å². The number of carbonyl (C=O) groups excluding carboxylic acids is 1. The summed E-state index contributed by atoms with van der Waals surface area (Å²) in [5.41, 5.74) is 7.03. The van der Waals surface area contributed by atoms with Gasteiger partial charge >= 0.3 is 6.03 Å². The topological polar surface area (TPSA) is 87.7 Å². The van der Waals surface area contributed by atoms with E-state index in [2.05, 4.69) is 5.10 Å². The predicted octanol–water partition coefficient (Wildman–Crippen LogP) is 1.70. The number of primary amides is 1. The minimum absolute atomic E-state index is 0.100. The smallest absolute Gasteiger partial charge is 0.332 e. The average Bonchev–Trinajstić information content (AvgIpc) is 2.12. The lowest BCUT2D eigenvalue weighted by Crippen LogP contribution is -2.24. The van der Waals surface area contributed by atoms with Gasteiger partial charge in [0.25, 0.3) is 0 Å². The second kappa shape index (κ2) is 4.86. The number of hydrogen-bond donors (Lipinski definition) is 3. The number of halogens is 2. The molecule has 0 aliphatic carbocycles. The Hall–Kier alpha value is -1.46. The summed E-state index contributed by atoms with van der Waals surface area (Å²) >= 11 is 11.3. The van der Waals surface area contributed by atoms with Gasteiger partial charge < -0.3 is 10.8 Å². The molecule has 2 amide bonds. The van der Waals surface area contributed by atoms with E-state index in [-0.39, 0.29) is 16.3 Å². The number of aromatic hydroxyl groups is 1. The molecule has 0 saturated carbocycles. The molecule has 0 spiro atoms. The van der Waals surface area contributed by atoms with Gasteiger partial charge in [0, 0.05) is 10.6 Å². The summed E-state index contributed by atoms with van der Waals surface area (Å²) in [6, 6.07) is 2.02. The fourth-order valence-corrected chi connectivity index (χ4v) is 1.36. The number of nitrogens with zero attached hydrogens (tertiary/aromatic N) is 1. The zero-order valence-corrected chi connectivity index (χ0v) is 8.88. The van der Waals surface area contributed by atoms with E-state index < -0.39 is 6.03 Å². The Bertz CT molecular complexity index is 421. The summed E-state index contributed by atoms with van der Waals surface area (Å²) < 4.78 is 0. The first kappa shape index (κ1) is 11.6. The molecule has 7 heteroatoms. The van der Waals surface area contributed by atoms with Crippen molar-refractivity contribution < 1.29 is 9.90 Å². The second-order valence-electron chi connectivity index (χ2n) is 2.56. The minimum atomic E-state index is -0.807. The van der Waals surface area contributed by atoms with Gasteiger partial charge in [-0.2, -0.15) is 5.10 Å². The molecular weight excluding hydrogens is 241 g/mol. The highest BCUT2D eigenvalue weighted by molar-refractivity contribution is 6.36. The summed E-state index contributed by atoms with van der Waals surface area (Å²) in [5.74, 6) is -0.170. The Morgan fingerprint density at radius 2 is 2.20 bits per heavy atom. The van der Waals surface area contributed by atoms with Crippen molar-refractivity contribution in [3.8, 4) is 5.75 Å². The molecule has 80 valence electrons. The molecule has 0 aliphatic rings. The molecular formula is C8H7Cl2N3O2. The molecule has 0 heterocycles. The number of rotatable bonds is 2. The quantitative estimate of drug-likeness (QED) is 0.549. The summed E-state index contributed by atoms with van der Waals surface area (Å²) in [6.07, 6.45) is 1.18. The fraction of sp³-hybridized carbons (Fsp3) is 0. The molecule has 0 atom stereocenters.